The summed E-state index contributed by atoms with van der Waals surface area (Å²) < 4.78 is 11.8. The van der Waals surface area contributed by atoms with Gasteiger partial charge < -0.3 is 0 Å². The van der Waals surface area contributed by atoms with E-state index in [4.69, 9.17) is 17.7 Å². The van der Waals surface area contributed by atoms with Crippen molar-refractivity contribution in [2.75, 3.05) is 20.3 Å². The van der Waals surface area contributed by atoms with E-state index < -0.39 is 23.3 Å². The molecule has 0 N–H and O–H groups in total. The van der Waals surface area contributed by atoms with E-state index in [0.717, 1.165) is 28.5 Å². The van der Waals surface area contributed by atoms with E-state index >= 15 is 0 Å². The zero-order chi connectivity index (χ0) is 9.26. The third-order valence-corrected chi connectivity index (χ3v) is 11.9. The molecule has 0 amide bonds. The Kier molecular flexibility index (Phi) is 3.92. The quantitative estimate of drug-likeness (QED) is 0.672. The predicted molar refractivity (Wildman–Crippen MR) is 47.4 cm³/mol. The molecule has 2 rings (SSSR count). The standard InChI is InChI=1S/C9H15O2.ClH.Hg/c1-10-9-3-2-7-5-11-6-8(7)4-9;;/h3,7-9H,2,4-6H2,1H3;1H;/q;;+1/p-1/t7-,8+,9-;;/m1../s1. The zero-order valence-corrected chi connectivity index (χ0v) is 14.3. The average molecular weight is 391 g/mol. The Morgan fingerprint density at radius 2 is 2.00 bits per heavy atom. The van der Waals surface area contributed by atoms with Crippen molar-refractivity contribution >= 4 is 8.25 Å². The third kappa shape index (κ3) is 2.22. The van der Waals surface area contributed by atoms with Crippen molar-refractivity contribution in [1.29, 1.82) is 0 Å². The summed E-state index contributed by atoms with van der Waals surface area (Å²) in [4.78, 5) is 0. The molecule has 1 aliphatic carbocycles. The van der Waals surface area contributed by atoms with Gasteiger partial charge in [-0.25, -0.2) is 0 Å². The first-order chi connectivity index (χ1) is 6.35. The predicted octanol–water partition coefficient (Wildman–Crippen LogP) is 2.08. The van der Waals surface area contributed by atoms with Gasteiger partial charge in [0.2, 0.25) is 0 Å². The fraction of sp³-hybridized carbons (Fsp3) is 1.00. The van der Waals surface area contributed by atoms with Crippen molar-refractivity contribution < 1.29 is 32.8 Å². The van der Waals surface area contributed by atoms with Crippen LogP contribution in [0.1, 0.15) is 12.8 Å². The van der Waals surface area contributed by atoms with E-state index in [1.807, 2.05) is 7.11 Å². The van der Waals surface area contributed by atoms with Crippen LogP contribution < -0.4 is 0 Å². The molecule has 0 aromatic carbocycles. The van der Waals surface area contributed by atoms with Crippen molar-refractivity contribution in [3.05, 3.63) is 0 Å². The number of rotatable bonds is 2. The number of fused-ring (bicyclic) bond motifs is 1. The molecule has 0 bridgehead atoms. The van der Waals surface area contributed by atoms with E-state index in [1.54, 1.807) is 0 Å². The van der Waals surface area contributed by atoms with Crippen molar-refractivity contribution in [1.82, 2.24) is 0 Å². The van der Waals surface area contributed by atoms with Gasteiger partial charge in [-0.3, -0.25) is 0 Å². The van der Waals surface area contributed by atoms with Crippen molar-refractivity contribution in [2.45, 2.75) is 22.4 Å². The molecule has 72 valence electrons. The fourth-order valence-corrected chi connectivity index (χ4v) is 9.92. The number of methoxy groups -OCH3 is 1. The molecule has 0 aromatic rings. The summed E-state index contributed by atoms with van der Waals surface area (Å²) in [5.41, 5.74) is 0. The van der Waals surface area contributed by atoms with Gasteiger partial charge in [-0.05, 0) is 0 Å². The van der Waals surface area contributed by atoms with Gasteiger partial charge in [0.25, 0.3) is 0 Å². The summed E-state index contributed by atoms with van der Waals surface area (Å²) in [6, 6.07) is 0. The molecule has 1 saturated heterocycles. The Morgan fingerprint density at radius 1 is 1.31 bits per heavy atom. The van der Waals surface area contributed by atoms with Crippen LogP contribution in [0.2, 0.25) is 3.43 Å². The normalized spacial score (nSPS) is 44.2. The van der Waals surface area contributed by atoms with Gasteiger partial charge >= 0.3 is 95.6 Å². The van der Waals surface area contributed by atoms with E-state index in [0.29, 0.717) is 6.10 Å². The van der Waals surface area contributed by atoms with Crippen molar-refractivity contribution in [3.63, 3.8) is 0 Å². The fourth-order valence-electron chi connectivity index (χ4n) is 2.65. The molecule has 1 saturated carbocycles. The first-order valence-corrected chi connectivity index (χ1v) is 15.0. The average Bonchev–Trinajstić information content (AvgIpc) is 2.62. The van der Waals surface area contributed by atoms with E-state index in [2.05, 4.69) is 0 Å². The van der Waals surface area contributed by atoms with Crippen LogP contribution in [0.5, 0.6) is 0 Å². The number of halogens is 1. The van der Waals surface area contributed by atoms with E-state index in [-0.39, 0.29) is 0 Å². The molecule has 2 fully saturated rings. The summed E-state index contributed by atoms with van der Waals surface area (Å²) in [6.45, 7) is 1.93. The Bertz CT molecular complexity index is 161. The molecule has 13 heavy (non-hydrogen) atoms. The van der Waals surface area contributed by atoms with Crippen molar-refractivity contribution in [3.8, 4) is 0 Å². The molecule has 4 atom stereocenters. The maximum absolute atomic E-state index is 6.15. The van der Waals surface area contributed by atoms with Gasteiger partial charge in [-0.2, -0.15) is 0 Å². The number of hydrogen-bond acceptors (Lipinski definition) is 2. The van der Waals surface area contributed by atoms with Gasteiger partial charge in [0, 0.05) is 0 Å². The minimum absolute atomic E-state index is 0.460. The molecule has 2 nitrogen and oxygen atoms in total. The van der Waals surface area contributed by atoms with Crippen LogP contribution in [0.3, 0.4) is 0 Å². The Balaban J connectivity index is 1.99. The van der Waals surface area contributed by atoms with Gasteiger partial charge in [0.15, 0.2) is 0 Å². The van der Waals surface area contributed by atoms with Gasteiger partial charge in [-0.15, -0.1) is 0 Å². The van der Waals surface area contributed by atoms with E-state index in [9.17, 15) is 0 Å². The summed E-state index contributed by atoms with van der Waals surface area (Å²) >= 11 is -1.13. The number of hydrogen-bond donors (Lipinski definition) is 0. The van der Waals surface area contributed by atoms with Crippen LogP contribution in [-0.2, 0) is 32.8 Å². The third-order valence-electron chi connectivity index (χ3n) is 3.50. The van der Waals surface area contributed by atoms with Crippen LogP contribution in [0.15, 0.2) is 0 Å². The van der Waals surface area contributed by atoms with Crippen LogP contribution in [0, 0.1) is 11.8 Å². The molecule has 0 radical (unpaired) electrons. The molecule has 1 heterocycles. The summed E-state index contributed by atoms with van der Waals surface area (Å²) in [5.74, 6) is 1.56. The summed E-state index contributed by atoms with van der Waals surface area (Å²) in [5, 5.41) is 0. The second-order valence-corrected chi connectivity index (χ2v) is 12.2. The Hall–Kier alpha value is 1.15. The van der Waals surface area contributed by atoms with Crippen LogP contribution in [0.4, 0.5) is 0 Å². The Morgan fingerprint density at radius 3 is 2.62 bits per heavy atom. The molecule has 1 aliphatic heterocycles. The SMILES string of the molecule is CO[C@H]1C[C@H]2COC[C@H]2C[CH]1[Hg][Cl]. The monoisotopic (exact) mass is 392 g/mol. The second kappa shape index (κ2) is 4.78. The molecular formula is C9H15ClHgO2. The van der Waals surface area contributed by atoms with Gasteiger partial charge in [-0.1, -0.05) is 0 Å². The van der Waals surface area contributed by atoms with Crippen LogP contribution >= 0.6 is 8.25 Å². The summed E-state index contributed by atoms with van der Waals surface area (Å²) in [7, 11) is 7.97. The van der Waals surface area contributed by atoms with Gasteiger partial charge in [0.05, 0.1) is 0 Å². The van der Waals surface area contributed by atoms with Crippen LogP contribution in [0.25, 0.3) is 0 Å². The molecule has 4 heteroatoms. The molecule has 0 aromatic heterocycles. The first-order valence-electron chi connectivity index (χ1n) is 5.01. The molecule has 2 aliphatic rings. The molecule has 1 unspecified atom stereocenters. The first kappa shape index (κ1) is 10.7. The second-order valence-electron chi connectivity index (χ2n) is 4.22. The van der Waals surface area contributed by atoms with Gasteiger partial charge in [0.1, 0.15) is 0 Å². The molecule has 0 spiro atoms. The number of ether oxygens (including phenoxy) is 2. The molecular weight excluding hydrogens is 376 g/mol. The minimum atomic E-state index is -1.13. The maximum atomic E-state index is 6.15. The van der Waals surface area contributed by atoms with Crippen LogP contribution in [-0.4, -0.2) is 26.4 Å². The van der Waals surface area contributed by atoms with E-state index in [1.165, 1.54) is 12.8 Å². The Labute approximate surface area is 95.2 Å². The zero-order valence-electron chi connectivity index (χ0n) is 8.04. The van der Waals surface area contributed by atoms with Crippen molar-refractivity contribution in [2.24, 2.45) is 11.8 Å². The summed E-state index contributed by atoms with van der Waals surface area (Å²) in [6.07, 6.45) is 2.94. The topological polar surface area (TPSA) is 18.5 Å².